The highest BCUT2D eigenvalue weighted by Gasteiger charge is 2.30. The van der Waals surface area contributed by atoms with E-state index < -0.39 is 11.6 Å². The van der Waals surface area contributed by atoms with Gasteiger partial charge in [-0.05, 0) is 43.7 Å². The Labute approximate surface area is 136 Å². The van der Waals surface area contributed by atoms with Crippen molar-refractivity contribution >= 4 is 5.91 Å². The summed E-state index contributed by atoms with van der Waals surface area (Å²) in [5.41, 5.74) is 0.0270. The monoisotopic (exact) mass is 321 g/mol. The highest BCUT2D eigenvalue weighted by atomic mass is 19.1. The first-order valence-corrected chi connectivity index (χ1v) is 8.87. The predicted molar refractivity (Wildman–Crippen MR) is 85.7 cm³/mol. The van der Waals surface area contributed by atoms with Crippen LogP contribution in [0.2, 0.25) is 0 Å². The molecule has 0 unspecified atom stereocenters. The normalized spacial score (nSPS) is 19.4. The molecule has 2 nitrogen and oxygen atoms in total. The quantitative estimate of drug-likeness (QED) is 0.761. The van der Waals surface area contributed by atoms with Crippen LogP contribution in [0.3, 0.4) is 0 Å². The Balaban J connectivity index is 1.76. The van der Waals surface area contributed by atoms with E-state index >= 15 is 0 Å². The molecule has 0 bridgehead atoms. The van der Waals surface area contributed by atoms with Gasteiger partial charge in [0.25, 0.3) is 0 Å². The number of halogens is 2. The minimum absolute atomic E-state index is 0.0270. The van der Waals surface area contributed by atoms with Crippen molar-refractivity contribution in [1.29, 1.82) is 0 Å². The van der Waals surface area contributed by atoms with Crippen molar-refractivity contribution in [2.45, 2.75) is 70.4 Å². The van der Waals surface area contributed by atoms with E-state index in [-0.39, 0.29) is 24.1 Å². The lowest BCUT2D eigenvalue weighted by molar-refractivity contribution is -0.135. The van der Waals surface area contributed by atoms with Gasteiger partial charge in [-0.1, -0.05) is 31.7 Å². The van der Waals surface area contributed by atoms with E-state index in [2.05, 4.69) is 0 Å². The molecule has 2 saturated carbocycles. The van der Waals surface area contributed by atoms with Crippen molar-refractivity contribution in [3.05, 3.63) is 35.4 Å². The molecule has 0 N–H and O–H groups in total. The molecule has 23 heavy (non-hydrogen) atoms. The number of nitrogens with zero attached hydrogens (tertiary/aromatic N) is 1. The zero-order chi connectivity index (χ0) is 16.2. The van der Waals surface area contributed by atoms with Crippen LogP contribution in [0.5, 0.6) is 0 Å². The van der Waals surface area contributed by atoms with E-state index in [0.717, 1.165) is 38.5 Å². The topological polar surface area (TPSA) is 20.3 Å². The second-order valence-electron chi connectivity index (χ2n) is 7.01. The molecule has 2 fully saturated rings. The Morgan fingerprint density at radius 2 is 1.57 bits per heavy atom. The standard InChI is InChI=1S/C19H25F2NO/c20-17-10-5-11-18(21)16(17)13-22(15-8-3-4-9-15)19(23)12-14-6-1-2-7-14/h5,10-11,14-15H,1-4,6-9,12-13H2. The minimum atomic E-state index is -0.554. The molecule has 1 aromatic carbocycles. The zero-order valence-corrected chi connectivity index (χ0v) is 13.6. The molecule has 2 aliphatic rings. The Morgan fingerprint density at radius 3 is 2.17 bits per heavy atom. The smallest absolute Gasteiger partial charge is 0.223 e. The molecule has 0 heterocycles. The molecule has 1 aromatic rings. The van der Waals surface area contributed by atoms with Crippen LogP contribution < -0.4 is 0 Å². The molecule has 0 radical (unpaired) electrons. The van der Waals surface area contributed by atoms with Crippen molar-refractivity contribution in [3.8, 4) is 0 Å². The lowest BCUT2D eigenvalue weighted by Crippen LogP contribution is -2.39. The van der Waals surface area contributed by atoms with Crippen LogP contribution in [-0.2, 0) is 11.3 Å². The van der Waals surface area contributed by atoms with Gasteiger partial charge in [0.2, 0.25) is 5.91 Å². The lowest BCUT2D eigenvalue weighted by atomic mass is 10.0. The van der Waals surface area contributed by atoms with Crippen LogP contribution in [0.25, 0.3) is 0 Å². The summed E-state index contributed by atoms with van der Waals surface area (Å²) < 4.78 is 28.0. The van der Waals surface area contributed by atoms with Gasteiger partial charge in [0.05, 0.1) is 6.54 Å². The number of carbonyl (C=O) groups excluding carboxylic acids is 1. The molecule has 1 amide bonds. The van der Waals surface area contributed by atoms with Gasteiger partial charge in [0.1, 0.15) is 11.6 Å². The Morgan fingerprint density at radius 1 is 1.00 bits per heavy atom. The zero-order valence-electron chi connectivity index (χ0n) is 13.6. The summed E-state index contributed by atoms with van der Waals surface area (Å²) in [7, 11) is 0. The first kappa shape index (κ1) is 16.4. The molecule has 4 heteroatoms. The van der Waals surface area contributed by atoms with E-state index in [4.69, 9.17) is 0 Å². The summed E-state index contributed by atoms with van der Waals surface area (Å²) in [5, 5.41) is 0. The van der Waals surface area contributed by atoms with Gasteiger partial charge in [0, 0.05) is 18.0 Å². The Kier molecular flexibility index (Phi) is 5.29. The van der Waals surface area contributed by atoms with Crippen molar-refractivity contribution < 1.29 is 13.6 Å². The summed E-state index contributed by atoms with van der Waals surface area (Å²) in [6.45, 7) is 0.0642. The molecule has 3 rings (SSSR count). The number of benzene rings is 1. The highest BCUT2D eigenvalue weighted by molar-refractivity contribution is 5.77. The fourth-order valence-electron chi connectivity index (χ4n) is 4.07. The maximum atomic E-state index is 14.0. The van der Waals surface area contributed by atoms with Crippen LogP contribution >= 0.6 is 0 Å². The molecule has 126 valence electrons. The summed E-state index contributed by atoms with van der Waals surface area (Å²) in [6, 6.07) is 4.05. The van der Waals surface area contributed by atoms with E-state index in [1.165, 1.54) is 31.0 Å². The van der Waals surface area contributed by atoms with Crippen molar-refractivity contribution in [1.82, 2.24) is 4.90 Å². The predicted octanol–water partition coefficient (Wildman–Crippen LogP) is 4.82. The number of carbonyl (C=O) groups is 1. The number of hydrogen-bond acceptors (Lipinski definition) is 1. The third kappa shape index (κ3) is 3.91. The maximum absolute atomic E-state index is 14.0. The van der Waals surface area contributed by atoms with Crippen LogP contribution in [0, 0.1) is 17.6 Å². The Hall–Kier alpha value is -1.45. The summed E-state index contributed by atoms with van der Waals surface area (Å²) in [4.78, 5) is 14.6. The van der Waals surface area contributed by atoms with Gasteiger partial charge in [-0.15, -0.1) is 0 Å². The second kappa shape index (κ2) is 7.41. The van der Waals surface area contributed by atoms with E-state index in [1.54, 1.807) is 4.90 Å². The number of hydrogen-bond donors (Lipinski definition) is 0. The summed E-state index contributed by atoms with van der Waals surface area (Å²) in [5.74, 6) is -0.577. The van der Waals surface area contributed by atoms with Gasteiger partial charge in [-0.25, -0.2) is 8.78 Å². The summed E-state index contributed by atoms with van der Waals surface area (Å²) in [6.07, 6.45) is 9.24. The van der Waals surface area contributed by atoms with Crippen molar-refractivity contribution in [2.24, 2.45) is 5.92 Å². The van der Waals surface area contributed by atoms with Gasteiger partial charge < -0.3 is 4.90 Å². The Bertz CT molecular complexity index is 528. The molecule has 0 spiro atoms. The van der Waals surface area contributed by atoms with E-state index in [9.17, 15) is 13.6 Å². The lowest BCUT2D eigenvalue weighted by Gasteiger charge is -2.30. The number of amides is 1. The molecular formula is C19H25F2NO. The van der Waals surface area contributed by atoms with Crippen LogP contribution in [-0.4, -0.2) is 16.8 Å². The number of rotatable bonds is 5. The molecule has 0 aliphatic heterocycles. The van der Waals surface area contributed by atoms with Crippen LogP contribution in [0.1, 0.15) is 63.4 Å². The fraction of sp³-hybridized carbons (Fsp3) is 0.632. The molecule has 2 aliphatic carbocycles. The highest BCUT2D eigenvalue weighted by Crippen LogP contribution is 2.31. The largest absolute Gasteiger partial charge is 0.335 e. The van der Waals surface area contributed by atoms with Crippen LogP contribution in [0.15, 0.2) is 18.2 Å². The fourth-order valence-corrected chi connectivity index (χ4v) is 4.07. The molecule has 0 atom stereocenters. The molecule has 0 saturated heterocycles. The van der Waals surface area contributed by atoms with Gasteiger partial charge in [0.15, 0.2) is 0 Å². The maximum Gasteiger partial charge on any atom is 0.223 e. The minimum Gasteiger partial charge on any atom is -0.335 e. The molecule has 0 aromatic heterocycles. The van der Waals surface area contributed by atoms with Crippen molar-refractivity contribution in [3.63, 3.8) is 0 Å². The first-order valence-electron chi connectivity index (χ1n) is 8.87. The molecular weight excluding hydrogens is 296 g/mol. The van der Waals surface area contributed by atoms with Crippen molar-refractivity contribution in [2.75, 3.05) is 0 Å². The SMILES string of the molecule is O=C(CC1CCCC1)N(Cc1c(F)cccc1F)C1CCCC1. The average molecular weight is 321 g/mol. The third-order valence-corrected chi connectivity index (χ3v) is 5.41. The van der Waals surface area contributed by atoms with Gasteiger partial charge in [-0.2, -0.15) is 0 Å². The average Bonchev–Trinajstić information content (AvgIpc) is 3.20. The first-order chi connectivity index (χ1) is 11.1. The van der Waals surface area contributed by atoms with E-state index in [1.807, 2.05) is 0 Å². The summed E-state index contributed by atoms with van der Waals surface area (Å²) >= 11 is 0. The van der Waals surface area contributed by atoms with E-state index in [0.29, 0.717) is 12.3 Å². The third-order valence-electron chi connectivity index (χ3n) is 5.41. The van der Waals surface area contributed by atoms with Gasteiger partial charge >= 0.3 is 0 Å². The second-order valence-corrected chi connectivity index (χ2v) is 7.01. The van der Waals surface area contributed by atoms with Gasteiger partial charge in [-0.3, -0.25) is 4.79 Å². The van der Waals surface area contributed by atoms with Crippen LogP contribution in [0.4, 0.5) is 8.78 Å².